The van der Waals surface area contributed by atoms with Gasteiger partial charge in [0.1, 0.15) is 22.6 Å². The first-order valence-corrected chi connectivity index (χ1v) is 9.39. The zero-order valence-electron chi connectivity index (χ0n) is 15.6. The molecule has 0 saturated carbocycles. The number of fused-ring (bicyclic) bond motifs is 1. The van der Waals surface area contributed by atoms with E-state index in [-0.39, 0.29) is 23.4 Å². The fraction of sp³-hybridized carbons (Fsp3) is 0.0476. The molecule has 3 aromatic carbocycles. The number of nitrogens with zero attached hydrogens (tertiary/aromatic N) is 3. The van der Waals surface area contributed by atoms with E-state index in [1.54, 1.807) is 42.5 Å². The zero-order chi connectivity index (χ0) is 20.9. The molecule has 0 aliphatic heterocycles. The van der Waals surface area contributed by atoms with Crippen LogP contribution in [0.15, 0.2) is 72.8 Å². The lowest BCUT2D eigenvalue weighted by Crippen LogP contribution is -2.37. The van der Waals surface area contributed by atoms with E-state index in [1.165, 1.54) is 16.9 Å². The predicted molar refractivity (Wildman–Crippen MR) is 115 cm³/mol. The highest BCUT2D eigenvalue weighted by Crippen LogP contribution is 2.17. The Balaban J connectivity index is 1.37. The molecule has 0 fully saturated rings. The Morgan fingerprint density at radius 2 is 1.73 bits per heavy atom. The fourth-order valence-corrected chi connectivity index (χ4v) is 2.90. The third kappa shape index (κ3) is 4.76. The maximum Gasteiger partial charge on any atom is 0.264 e. The summed E-state index contributed by atoms with van der Waals surface area (Å²) in [5.74, 6) is -0.104. The molecule has 2 N–H and O–H groups in total. The quantitative estimate of drug-likeness (QED) is 0.481. The number of amides is 1. The van der Waals surface area contributed by atoms with Crippen LogP contribution >= 0.6 is 12.2 Å². The minimum Gasteiger partial charge on any atom is -0.484 e. The minimum absolute atomic E-state index is 0.141. The van der Waals surface area contributed by atoms with Gasteiger partial charge in [-0.2, -0.15) is 4.80 Å². The first kappa shape index (κ1) is 19.5. The van der Waals surface area contributed by atoms with E-state index >= 15 is 0 Å². The van der Waals surface area contributed by atoms with Crippen molar-refractivity contribution in [3.8, 4) is 11.4 Å². The van der Waals surface area contributed by atoms with Crippen molar-refractivity contribution in [1.82, 2.24) is 20.3 Å². The molecular weight excluding hydrogens is 405 g/mol. The topological polar surface area (TPSA) is 81.1 Å². The van der Waals surface area contributed by atoms with Crippen LogP contribution in [0.1, 0.15) is 0 Å². The number of halogens is 1. The summed E-state index contributed by atoms with van der Waals surface area (Å²) in [6.45, 7) is -0.156. The van der Waals surface area contributed by atoms with Gasteiger partial charge in [0.2, 0.25) is 0 Å². The number of anilines is 1. The van der Waals surface area contributed by atoms with Crippen LogP contribution in [0.2, 0.25) is 0 Å². The van der Waals surface area contributed by atoms with Gasteiger partial charge in [0.25, 0.3) is 5.91 Å². The number of hydrogen-bond donors (Lipinski definition) is 2. The number of benzene rings is 3. The molecule has 0 aliphatic rings. The lowest BCUT2D eigenvalue weighted by Gasteiger charge is -2.10. The summed E-state index contributed by atoms with van der Waals surface area (Å²) in [5.41, 5.74) is 2.56. The third-order valence-corrected chi connectivity index (χ3v) is 4.27. The summed E-state index contributed by atoms with van der Waals surface area (Å²) in [6, 6.07) is 20.2. The van der Waals surface area contributed by atoms with Gasteiger partial charge in [-0.1, -0.05) is 18.2 Å². The molecule has 0 radical (unpaired) electrons. The van der Waals surface area contributed by atoms with E-state index < -0.39 is 0 Å². The standard InChI is InChI=1S/C21H16FN5O2S/c22-14-6-9-16(10-7-14)27-25-18-11-8-15(12-19(18)26-27)23-21(30)24-20(28)13-29-17-4-2-1-3-5-17/h1-12H,13H2,(H2,23,24,28,30). The smallest absolute Gasteiger partial charge is 0.264 e. The molecular formula is C21H16FN5O2S. The van der Waals surface area contributed by atoms with E-state index in [9.17, 15) is 9.18 Å². The zero-order valence-corrected chi connectivity index (χ0v) is 16.4. The van der Waals surface area contributed by atoms with E-state index in [1.807, 2.05) is 18.2 Å². The number of thiocarbonyl (C=S) groups is 1. The first-order valence-electron chi connectivity index (χ1n) is 8.98. The van der Waals surface area contributed by atoms with Crippen molar-refractivity contribution in [2.45, 2.75) is 0 Å². The van der Waals surface area contributed by atoms with Gasteiger partial charge in [0.05, 0.1) is 5.69 Å². The number of hydrogen-bond acceptors (Lipinski definition) is 5. The number of para-hydroxylation sites is 1. The highest BCUT2D eigenvalue weighted by atomic mass is 32.1. The van der Waals surface area contributed by atoms with E-state index in [4.69, 9.17) is 17.0 Å². The second-order valence-corrected chi connectivity index (χ2v) is 6.68. The number of carbonyl (C=O) groups is 1. The minimum atomic E-state index is -0.375. The normalized spacial score (nSPS) is 10.6. The third-order valence-electron chi connectivity index (χ3n) is 4.06. The van der Waals surface area contributed by atoms with Gasteiger partial charge >= 0.3 is 0 Å². The van der Waals surface area contributed by atoms with Crippen molar-refractivity contribution in [3.63, 3.8) is 0 Å². The summed E-state index contributed by atoms with van der Waals surface area (Å²) >= 11 is 5.18. The number of aromatic nitrogens is 3. The summed E-state index contributed by atoms with van der Waals surface area (Å²) < 4.78 is 18.5. The maximum atomic E-state index is 13.1. The van der Waals surface area contributed by atoms with Gasteiger partial charge in [-0.05, 0) is 66.8 Å². The monoisotopic (exact) mass is 421 g/mol. The highest BCUT2D eigenvalue weighted by molar-refractivity contribution is 7.80. The molecule has 150 valence electrons. The molecule has 0 bridgehead atoms. The van der Waals surface area contributed by atoms with Crippen LogP contribution in [0.25, 0.3) is 16.7 Å². The number of ether oxygens (including phenoxy) is 1. The van der Waals surface area contributed by atoms with E-state index in [0.29, 0.717) is 28.2 Å². The van der Waals surface area contributed by atoms with Crippen molar-refractivity contribution < 1.29 is 13.9 Å². The van der Waals surface area contributed by atoms with E-state index in [2.05, 4.69) is 20.8 Å². The largest absolute Gasteiger partial charge is 0.484 e. The van der Waals surface area contributed by atoms with Gasteiger partial charge in [0, 0.05) is 5.69 Å². The first-order chi connectivity index (χ1) is 14.6. The summed E-state index contributed by atoms with van der Waals surface area (Å²) in [4.78, 5) is 13.4. The molecule has 9 heteroatoms. The number of nitrogens with one attached hydrogen (secondary N) is 2. The maximum absolute atomic E-state index is 13.1. The van der Waals surface area contributed by atoms with Crippen molar-refractivity contribution in [1.29, 1.82) is 0 Å². The molecule has 4 aromatic rings. The molecule has 0 atom stereocenters. The second-order valence-electron chi connectivity index (χ2n) is 6.27. The Kier molecular flexibility index (Phi) is 5.62. The Morgan fingerprint density at radius 1 is 1.00 bits per heavy atom. The van der Waals surface area contributed by atoms with Crippen molar-refractivity contribution in [2.24, 2.45) is 0 Å². The highest BCUT2D eigenvalue weighted by Gasteiger charge is 2.09. The average molecular weight is 421 g/mol. The number of rotatable bonds is 5. The van der Waals surface area contributed by atoms with Crippen LogP contribution < -0.4 is 15.4 Å². The van der Waals surface area contributed by atoms with Crippen molar-refractivity contribution >= 4 is 40.0 Å². The van der Waals surface area contributed by atoms with E-state index in [0.717, 1.165) is 0 Å². The predicted octanol–water partition coefficient (Wildman–Crippen LogP) is 3.45. The lowest BCUT2D eigenvalue weighted by molar-refractivity contribution is -0.121. The van der Waals surface area contributed by atoms with Crippen LogP contribution in [0.5, 0.6) is 5.75 Å². The van der Waals surface area contributed by atoms with Crippen molar-refractivity contribution in [2.75, 3.05) is 11.9 Å². The fourth-order valence-electron chi connectivity index (χ4n) is 2.67. The summed E-state index contributed by atoms with van der Waals surface area (Å²) in [5, 5.41) is 14.4. The van der Waals surface area contributed by atoms with Crippen LogP contribution in [0, 0.1) is 5.82 Å². The summed E-state index contributed by atoms with van der Waals surface area (Å²) in [6.07, 6.45) is 0. The second kappa shape index (κ2) is 8.66. The molecule has 0 aliphatic carbocycles. The Labute approximate surface area is 176 Å². The van der Waals surface area contributed by atoms with Gasteiger partial charge in [-0.25, -0.2) is 4.39 Å². The van der Waals surface area contributed by atoms with Crippen LogP contribution in [0.4, 0.5) is 10.1 Å². The SMILES string of the molecule is O=C(COc1ccccc1)NC(=S)Nc1ccc2nn(-c3ccc(F)cc3)nc2c1. The Bertz CT molecular complexity index is 1200. The van der Waals surface area contributed by atoms with Crippen LogP contribution in [-0.4, -0.2) is 32.6 Å². The van der Waals surface area contributed by atoms with Crippen LogP contribution in [0.3, 0.4) is 0 Å². The van der Waals surface area contributed by atoms with Gasteiger partial charge in [-0.15, -0.1) is 10.2 Å². The average Bonchev–Trinajstić information content (AvgIpc) is 3.17. The van der Waals surface area contributed by atoms with Crippen LogP contribution in [-0.2, 0) is 4.79 Å². The summed E-state index contributed by atoms with van der Waals surface area (Å²) in [7, 11) is 0. The molecule has 1 heterocycles. The molecule has 1 amide bonds. The number of carbonyl (C=O) groups excluding carboxylic acids is 1. The molecule has 30 heavy (non-hydrogen) atoms. The lowest BCUT2D eigenvalue weighted by atomic mass is 10.3. The van der Waals surface area contributed by atoms with Gasteiger partial charge < -0.3 is 10.1 Å². The van der Waals surface area contributed by atoms with Gasteiger partial charge in [0.15, 0.2) is 11.7 Å². The molecule has 4 rings (SSSR count). The molecule has 7 nitrogen and oxygen atoms in total. The molecule has 0 saturated heterocycles. The molecule has 1 aromatic heterocycles. The molecule has 0 spiro atoms. The van der Waals surface area contributed by atoms with Gasteiger partial charge in [-0.3, -0.25) is 10.1 Å². The van der Waals surface area contributed by atoms with Crippen molar-refractivity contribution in [3.05, 3.63) is 78.6 Å². The Morgan fingerprint density at radius 3 is 2.50 bits per heavy atom. The molecule has 0 unspecified atom stereocenters. The Hall–Kier alpha value is -3.85.